The lowest BCUT2D eigenvalue weighted by Crippen LogP contribution is -2.36. The first-order chi connectivity index (χ1) is 8.01. The number of rotatable bonds is 5. The first-order valence-corrected chi connectivity index (χ1v) is 6.50. The van der Waals surface area contributed by atoms with E-state index in [1.54, 1.807) is 0 Å². The second-order valence-corrected chi connectivity index (χ2v) is 5.02. The van der Waals surface area contributed by atoms with Crippen LogP contribution in [0.2, 0.25) is 0 Å². The van der Waals surface area contributed by atoms with Gasteiger partial charge in [-0.15, -0.1) is 0 Å². The molecule has 96 valence electrons. The molecule has 0 heterocycles. The molecule has 0 radical (unpaired) electrons. The van der Waals surface area contributed by atoms with Crippen LogP contribution in [0.1, 0.15) is 43.0 Å². The summed E-state index contributed by atoms with van der Waals surface area (Å²) in [5.41, 5.74) is 9.97. The van der Waals surface area contributed by atoms with Gasteiger partial charge in [0.1, 0.15) is 0 Å². The van der Waals surface area contributed by atoms with Gasteiger partial charge in [-0.2, -0.15) is 0 Å². The zero-order valence-electron chi connectivity index (χ0n) is 11.8. The van der Waals surface area contributed by atoms with Crippen LogP contribution in [0.3, 0.4) is 0 Å². The third-order valence-electron chi connectivity index (χ3n) is 3.92. The van der Waals surface area contributed by atoms with Crippen LogP contribution in [0.5, 0.6) is 0 Å². The minimum absolute atomic E-state index is 0.323. The van der Waals surface area contributed by atoms with Crippen LogP contribution in [-0.2, 0) is 0 Å². The van der Waals surface area contributed by atoms with E-state index in [0.717, 1.165) is 6.42 Å². The van der Waals surface area contributed by atoms with E-state index in [4.69, 9.17) is 5.73 Å². The number of hydrogen-bond acceptors (Lipinski definition) is 2. The molecule has 0 spiro atoms. The fourth-order valence-corrected chi connectivity index (χ4v) is 2.10. The monoisotopic (exact) mass is 234 g/mol. The summed E-state index contributed by atoms with van der Waals surface area (Å²) < 4.78 is 0. The van der Waals surface area contributed by atoms with Gasteiger partial charge >= 0.3 is 0 Å². The number of aryl methyl sites for hydroxylation is 2. The van der Waals surface area contributed by atoms with Crippen LogP contribution < -0.4 is 5.73 Å². The number of hydrogen-bond donors (Lipinski definition) is 1. The molecule has 0 amide bonds. The number of benzene rings is 1. The van der Waals surface area contributed by atoms with Gasteiger partial charge in [0, 0.05) is 18.6 Å². The number of likely N-dealkylation sites (N-methyl/N-ethyl adjacent to an activating group) is 1. The van der Waals surface area contributed by atoms with Crippen LogP contribution in [-0.4, -0.2) is 24.5 Å². The normalized spacial score (nSPS) is 15.0. The summed E-state index contributed by atoms with van der Waals surface area (Å²) in [5, 5.41) is 0. The Labute approximate surface area is 106 Å². The van der Waals surface area contributed by atoms with Crippen molar-refractivity contribution in [3.05, 3.63) is 34.9 Å². The summed E-state index contributed by atoms with van der Waals surface area (Å²) >= 11 is 0. The van der Waals surface area contributed by atoms with Crippen molar-refractivity contribution in [2.75, 3.05) is 13.6 Å². The van der Waals surface area contributed by atoms with Crippen molar-refractivity contribution < 1.29 is 0 Å². The summed E-state index contributed by atoms with van der Waals surface area (Å²) in [6.07, 6.45) is 1.15. The molecule has 0 saturated heterocycles. The molecule has 2 unspecified atom stereocenters. The molecule has 1 rings (SSSR count). The fraction of sp³-hybridized carbons (Fsp3) is 0.600. The average Bonchev–Trinajstić information content (AvgIpc) is 2.33. The second-order valence-electron chi connectivity index (χ2n) is 5.02. The highest BCUT2D eigenvalue weighted by Crippen LogP contribution is 2.23. The van der Waals surface area contributed by atoms with Gasteiger partial charge in [-0.3, -0.25) is 4.90 Å². The van der Waals surface area contributed by atoms with Crippen LogP contribution in [0.15, 0.2) is 18.2 Å². The Morgan fingerprint density at radius 2 is 1.88 bits per heavy atom. The van der Waals surface area contributed by atoms with Gasteiger partial charge in [0.15, 0.2) is 0 Å². The molecule has 0 fully saturated rings. The van der Waals surface area contributed by atoms with Crippen molar-refractivity contribution in [3.63, 3.8) is 0 Å². The molecule has 0 aliphatic heterocycles. The van der Waals surface area contributed by atoms with E-state index in [-0.39, 0.29) is 0 Å². The van der Waals surface area contributed by atoms with Crippen molar-refractivity contribution in [2.24, 2.45) is 5.73 Å². The summed E-state index contributed by atoms with van der Waals surface area (Å²) in [6.45, 7) is 9.45. The summed E-state index contributed by atoms with van der Waals surface area (Å²) in [7, 11) is 2.17. The maximum Gasteiger partial charge on any atom is 0.0470 e. The van der Waals surface area contributed by atoms with E-state index in [9.17, 15) is 0 Å². The largest absolute Gasteiger partial charge is 0.329 e. The van der Waals surface area contributed by atoms with Gasteiger partial charge in [0.05, 0.1) is 0 Å². The second kappa shape index (κ2) is 6.18. The summed E-state index contributed by atoms with van der Waals surface area (Å²) in [5.74, 6) is 0. The summed E-state index contributed by atoms with van der Waals surface area (Å²) in [4.78, 5) is 2.38. The van der Waals surface area contributed by atoms with E-state index >= 15 is 0 Å². The quantitative estimate of drug-likeness (QED) is 0.848. The molecule has 17 heavy (non-hydrogen) atoms. The standard InChI is InChI=1S/C15H26N2/c1-6-13(4)17(5)15(10-16)14-8-7-11(2)12(3)9-14/h7-9,13,15H,6,10,16H2,1-5H3. The van der Waals surface area contributed by atoms with Crippen molar-refractivity contribution in [2.45, 2.75) is 46.2 Å². The van der Waals surface area contributed by atoms with Gasteiger partial charge < -0.3 is 5.73 Å². The van der Waals surface area contributed by atoms with Crippen LogP contribution in [0.25, 0.3) is 0 Å². The zero-order valence-corrected chi connectivity index (χ0v) is 11.8. The fourth-order valence-electron chi connectivity index (χ4n) is 2.10. The number of nitrogens with two attached hydrogens (primary N) is 1. The minimum Gasteiger partial charge on any atom is -0.329 e. The van der Waals surface area contributed by atoms with Gasteiger partial charge in [-0.25, -0.2) is 0 Å². The lowest BCUT2D eigenvalue weighted by atomic mass is 9.99. The Hall–Kier alpha value is -0.860. The van der Waals surface area contributed by atoms with Gasteiger partial charge in [0.25, 0.3) is 0 Å². The van der Waals surface area contributed by atoms with Crippen molar-refractivity contribution >= 4 is 0 Å². The van der Waals surface area contributed by atoms with Gasteiger partial charge in [-0.1, -0.05) is 25.1 Å². The van der Waals surface area contributed by atoms with Crippen LogP contribution in [0.4, 0.5) is 0 Å². The maximum absolute atomic E-state index is 5.94. The molecule has 2 nitrogen and oxygen atoms in total. The molecule has 0 aliphatic rings. The first-order valence-electron chi connectivity index (χ1n) is 6.50. The first kappa shape index (κ1) is 14.2. The van der Waals surface area contributed by atoms with E-state index in [1.807, 2.05) is 0 Å². The Morgan fingerprint density at radius 3 is 2.35 bits per heavy atom. The average molecular weight is 234 g/mol. The van der Waals surface area contributed by atoms with Crippen LogP contribution >= 0.6 is 0 Å². The molecule has 0 bridgehead atoms. The zero-order chi connectivity index (χ0) is 13.0. The highest BCUT2D eigenvalue weighted by Gasteiger charge is 2.19. The molecule has 0 saturated carbocycles. The molecule has 0 aromatic heterocycles. The Kier molecular flexibility index (Phi) is 5.16. The van der Waals surface area contributed by atoms with Gasteiger partial charge in [0.2, 0.25) is 0 Å². The lowest BCUT2D eigenvalue weighted by Gasteiger charge is -2.32. The number of nitrogens with zero attached hydrogens (tertiary/aromatic N) is 1. The van der Waals surface area contributed by atoms with E-state index in [2.05, 4.69) is 57.8 Å². The SMILES string of the molecule is CCC(C)N(C)C(CN)c1ccc(C)c(C)c1. The predicted molar refractivity (Wildman–Crippen MR) is 75.2 cm³/mol. The summed E-state index contributed by atoms with van der Waals surface area (Å²) in [6, 6.07) is 7.55. The molecule has 1 aromatic rings. The Balaban J connectivity index is 2.97. The Bertz CT molecular complexity index is 360. The van der Waals surface area contributed by atoms with E-state index in [1.165, 1.54) is 16.7 Å². The van der Waals surface area contributed by atoms with E-state index < -0.39 is 0 Å². The molecule has 2 heteroatoms. The minimum atomic E-state index is 0.323. The topological polar surface area (TPSA) is 29.3 Å². The Morgan fingerprint density at radius 1 is 1.24 bits per heavy atom. The molecular formula is C15H26N2. The van der Waals surface area contributed by atoms with E-state index in [0.29, 0.717) is 18.6 Å². The van der Waals surface area contributed by atoms with Crippen molar-refractivity contribution in [3.8, 4) is 0 Å². The highest BCUT2D eigenvalue weighted by atomic mass is 15.2. The maximum atomic E-state index is 5.94. The van der Waals surface area contributed by atoms with Crippen LogP contribution in [0, 0.1) is 13.8 Å². The van der Waals surface area contributed by atoms with Crippen molar-refractivity contribution in [1.82, 2.24) is 4.90 Å². The predicted octanol–water partition coefficient (Wildman–Crippen LogP) is 3.03. The molecule has 2 N–H and O–H groups in total. The molecule has 0 aliphatic carbocycles. The molecular weight excluding hydrogens is 208 g/mol. The highest BCUT2D eigenvalue weighted by molar-refractivity contribution is 5.32. The van der Waals surface area contributed by atoms with Crippen molar-refractivity contribution in [1.29, 1.82) is 0 Å². The lowest BCUT2D eigenvalue weighted by molar-refractivity contribution is 0.184. The van der Waals surface area contributed by atoms with Gasteiger partial charge in [-0.05, 0) is 50.9 Å². The molecule has 2 atom stereocenters. The third-order valence-corrected chi connectivity index (χ3v) is 3.92. The smallest absolute Gasteiger partial charge is 0.0470 e. The molecule has 1 aromatic carbocycles. The third kappa shape index (κ3) is 3.30.